The van der Waals surface area contributed by atoms with Gasteiger partial charge in [0.15, 0.2) is 0 Å². The monoisotopic (exact) mass is 1470 g/mol. The summed E-state index contributed by atoms with van der Waals surface area (Å²) in [6.07, 6.45) is -2.34. The number of unbranched alkanes of at least 4 members (excludes halogenated alkanes) is 1. The first-order valence-corrected chi connectivity index (χ1v) is 34.2. The number of carbonyl (C=O) groups excluding carboxylic acids is 5. The van der Waals surface area contributed by atoms with Gasteiger partial charge >= 0.3 is 60.7 Å². The molecule has 7 rings (SSSR count). The molecule has 3 saturated heterocycles. The number of fused-ring (bicyclic) bond motifs is 6. The van der Waals surface area contributed by atoms with Crippen LogP contribution in [-0.2, 0) is 38.3 Å². The fourth-order valence-electron chi connectivity index (χ4n) is 14.3. The summed E-state index contributed by atoms with van der Waals surface area (Å²) in [6.45, 7) is 20.0. The van der Waals surface area contributed by atoms with Gasteiger partial charge in [0.25, 0.3) is 0 Å². The van der Waals surface area contributed by atoms with Gasteiger partial charge in [0.2, 0.25) is 17.7 Å². The second-order valence-electron chi connectivity index (χ2n) is 26.6. The van der Waals surface area contributed by atoms with Crippen LogP contribution in [0.4, 0.5) is 62.3 Å². The molecule has 12 N–H and O–H groups in total. The first-order valence-electron chi connectivity index (χ1n) is 33.2. The number of nitrogens with zero attached hydrogens (tertiary/aromatic N) is 2. The summed E-state index contributed by atoms with van der Waals surface area (Å²) in [5.74, 6) is -6.00. The van der Waals surface area contributed by atoms with Crippen molar-refractivity contribution in [3.8, 4) is 0 Å². The summed E-state index contributed by atoms with van der Waals surface area (Å²) < 4.78 is 133. The molecule has 0 spiro atoms. The largest absolute Gasteiger partial charge is 0.490 e. The highest BCUT2D eigenvalue weighted by Gasteiger charge is 2.59. The maximum Gasteiger partial charge on any atom is 0.490 e. The number of hydrogen-bond donors (Lipinski definition) is 12. The Bertz CT molecular complexity index is 2560. The number of urea groups is 1. The number of alkyl halides is 12. The zero-order chi connectivity index (χ0) is 74.7. The maximum absolute atomic E-state index is 13.7. The highest BCUT2D eigenvalue weighted by Crippen LogP contribution is 2.67. The number of nitrogens with one attached hydrogen (secondary N) is 8. The van der Waals surface area contributed by atoms with E-state index in [2.05, 4.69) is 88.1 Å². The molecule has 0 aromatic rings. The molecule has 570 valence electrons. The van der Waals surface area contributed by atoms with E-state index in [1.807, 2.05) is 11.8 Å². The van der Waals surface area contributed by atoms with Gasteiger partial charge in [-0.2, -0.15) is 64.4 Å². The summed E-state index contributed by atoms with van der Waals surface area (Å²) in [7, 11) is 0. The fourth-order valence-corrected chi connectivity index (χ4v) is 15.9. The molecule has 4 aliphatic carbocycles. The Morgan fingerprint density at radius 2 is 1.20 bits per heavy atom. The third-order valence-corrected chi connectivity index (χ3v) is 20.7. The SMILES string of the molecule is CC(C)CCC[C@@H](C)[C@H]1CC[C@H]2[C@@H]3CC=C4C[C@@H](OC(=O)NCCNC(=O)CN(CCNC(=O)CN5CCNCCNCCNCC5)C(=O)CCCC[C@@H]5SC[C@@H]6NC(=O)N[C@@H]65)CC[C@]4(C)[C@H]3CC[C@]12C.O=C(O)C(F)(F)F.O=C(O)C(F)(F)F.O=C(O)C(F)(F)F.O=C(O)C(F)(F)F. The molecule has 6 amide bonds. The fraction of sp³-hybridized carbons (Fsp3) is 0.823. The summed E-state index contributed by atoms with van der Waals surface area (Å²) in [6, 6.07) is 0.170. The summed E-state index contributed by atoms with van der Waals surface area (Å²) in [5.41, 5.74) is 2.13. The normalized spacial score (nSPS) is 26.5. The number of ether oxygens (including phenoxy) is 1. The molecular formula is C62H98F12N10O14S. The van der Waals surface area contributed by atoms with Crippen molar-refractivity contribution in [1.29, 1.82) is 0 Å². The van der Waals surface area contributed by atoms with E-state index in [0.717, 1.165) is 126 Å². The lowest BCUT2D eigenvalue weighted by atomic mass is 9.47. The molecule has 0 bridgehead atoms. The lowest BCUT2D eigenvalue weighted by Crippen LogP contribution is -2.51. The number of carboxylic acids is 4. The average molecular weight is 1470 g/mol. The molecule has 0 aromatic carbocycles. The van der Waals surface area contributed by atoms with E-state index in [-0.39, 0.29) is 93.0 Å². The molecule has 7 aliphatic rings. The Balaban J connectivity index is 0.000000760. The maximum atomic E-state index is 13.7. The molecule has 99 heavy (non-hydrogen) atoms. The van der Waals surface area contributed by atoms with Crippen molar-refractivity contribution in [2.45, 2.75) is 179 Å². The van der Waals surface area contributed by atoms with Crippen molar-refractivity contribution in [2.75, 3.05) is 97.4 Å². The van der Waals surface area contributed by atoms with E-state index in [9.17, 15) is 76.7 Å². The van der Waals surface area contributed by atoms with E-state index < -0.39 is 54.7 Å². The number of aliphatic carboxylic acids is 4. The van der Waals surface area contributed by atoms with Gasteiger partial charge < -0.3 is 72.6 Å². The van der Waals surface area contributed by atoms with E-state index in [4.69, 9.17) is 44.3 Å². The van der Waals surface area contributed by atoms with Crippen molar-refractivity contribution in [1.82, 2.24) is 52.3 Å². The number of alkyl carbamates (subject to hydrolysis) is 1. The average Bonchev–Trinajstić information content (AvgIpc) is 1.70. The Hall–Kier alpha value is -6.08. The van der Waals surface area contributed by atoms with E-state index in [0.29, 0.717) is 23.0 Å². The molecule has 3 heterocycles. The summed E-state index contributed by atoms with van der Waals surface area (Å²) in [4.78, 5) is 104. The number of carboxylic acid groups (broad SMARTS) is 4. The molecule has 6 fully saturated rings. The first-order chi connectivity index (χ1) is 46.0. The zero-order valence-electron chi connectivity index (χ0n) is 56.3. The minimum atomic E-state index is -5.08. The van der Waals surface area contributed by atoms with E-state index in [1.165, 1.54) is 55.4 Å². The topological polar surface area (TPSA) is 346 Å². The van der Waals surface area contributed by atoms with Gasteiger partial charge in [0.05, 0.1) is 25.2 Å². The van der Waals surface area contributed by atoms with Gasteiger partial charge in [-0.3, -0.25) is 19.3 Å². The van der Waals surface area contributed by atoms with Gasteiger partial charge in [0.1, 0.15) is 6.10 Å². The minimum absolute atomic E-state index is 0.106. The quantitative estimate of drug-likeness (QED) is 0.0229. The number of halogens is 12. The number of thioether (sulfide) groups is 1. The highest BCUT2D eigenvalue weighted by molar-refractivity contribution is 8.00. The van der Waals surface area contributed by atoms with Crippen molar-refractivity contribution < 1.29 is 121 Å². The number of rotatable bonds is 21. The number of carbonyl (C=O) groups is 9. The Morgan fingerprint density at radius 1 is 0.667 bits per heavy atom. The molecular weight excluding hydrogens is 1370 g/mol. The molecule has 37 heteroatoms. The molecule has 24 nitrogen and oxygen atoms in total. The highest BCUT2D eigenvalue weighted by atomic mass is 32.2. The van der Waals surface area contributed by atoms with Gasteiger partial charge in [-0.25, -0.2) is 28.8 Å². The van der Waals surface area contributed by atoms with E-state index >= 15 is 0 Å². The van der Waals surface area contributed by atoms with Crippen LogP contribution in [0.25, 0.3) is 0 Å². The second kappa shape index (κ2) is 40.5. The first kappa shape index (κ1) is 87.1. The van der Waals surface area contributed by atoms with Crippen molar-refractivity contribution in [3.63, 3.8) is 0 Å². The molecule has 0 radical (unpaired) electrons. The summed E-state index contributed by atoms with van der Waals surface area (Å²) in [5, 5.41) is 53.8. The predicted molar refractivity (Wildman–Crippen MR) is 338 cm³/mol. The third kappa shape index (κ3) is 30.2. The number of hydrogen-bond acceptors (Lipinski definition) is 15. The van der Waals surface area contributed by atoms with Gasteiger partial charge in [-0.05, 0) is 104 Å². The standard InChI is InChI=1S/C54H94N10O6S.4C2HF3O2/c1-37(2)9-8-10-38(3)42-15-16-43-41-14-13-39-33-40(17-19-53(39,4)44(41)18-20-54(42,43)5)70-52(69)60-26-25-58-48(66)35-64(49(67)12-7-6-11-46-50-45(36-71-46)61-51(68)62-50)32-29-59-47(65)34-63-30-27-56-23-21-55-22-24-57-28-31-63;4*3-2(4,5)1(6)7/h13,37-38,40-46,50,55-57H,6-12,14-36H2,1-5H3,(H,58,66)(H,59,65)(H,60,69)(H2,61,62,68);4*(H,6,7)/t38-,40+,41+,42-,43+,44+,45+,46+,50+,53+,54-;;;;/m1..../s1. The molecule has 0 aromatic heterocycles. The van der Waals surface area contributed by atoms with Crippen LogP contribution < -0.4 is 42.5 Å². The van der Waals surface area contributed by atoms with Crippen LogP contribution in [0.2, 0.25) is 0 Å². The van der Waals surface area contributed by atoms with Crippen LogP contribution in [0, 0.1) is 46.3 Å². The smallest absolute Gasteiger partial charge is 0.475 e. The Labute approximate surface area is 571 Å². The predicted octanol–water partition coefficient (Wildman–Crippen LogP) is 7.53. The summed E-state index contributed by atoms with van der Waals surface area (Å²) >= 11 is 1.86. The van der Waals surface area contributed by atoms with Crippen molar-refractivity contribution in [2.24, 2.45) is 46.3 Å². The molecule has 3 aliphatic heterocycles. The van der Waals surface area contributed by atoms with Crippen LogP contribution in [0.5, 0.6) is 0 Å². The Kier molecular flexibility index (Phi) is 35.7. The zero-order valence-corrected chi connectivity index (χ0v) is 57.1. The number of amides is 6. The third-order valence-electron chi connectivity index (χ3n) is 19.2. The van der Waals surface area contributed by atoms with Crippen LogP contribution in [0.1, 0.15) is 131 Å². The van der Waals surface area contributed by atoms with Crippen LogP contribution in [-0.4, -0.2) is 229 Å². The number of allylic oxidation sites excluding steroid dienone is 1. The van der Waals surface area contributed by atoms with Gasteiger partial charge in [-0.15, -0.1) is 0 Å². The molecule has 3 saturated carbocycles. The minimum Gasteiger partial charge on any atom is -0.475 e. The van der Waals surface area contributed by atoms with Crippen molar-refractivity contribution in [3.05, 3.63) is 11.6 Å². The lowest BCUT2D eigenvalue weighted by Gasteiger charge is -2.58. The van der Waals surface area contributed by atoms with Gasteiger partial charge in [-0.1, -0.05) is 72.0 Å². The van der Waals surface area contributed by atoms with Crippen LogP contribution in [0.3, 0.4) is 0 Å². The van der Waals surface area contributed by atoms with Gasteiger partial charge in [0, 0.05) is 102 Å². The van der Waals surface area contributed by atoms with Crippen LogP contribution >= 0.6 is 11.8 Å². The molecule has 0 unspecified atom stereocenters. The second-order valence-corrected chi connectivity index (χ2v) is 27.9. The Morgan fingerprint density at radius 3 is 1.75 bits per heavy atom. The van der Waals surface area contributed by atoms with Crippen LogP contribution in [0.15, 0.2) is 11.6 Å². The lowest BCUT2D eigenvalue weighted by molar-refractivity contribution is -0.193. The van der Waals surface area contributed by atoms with Crippen molar-refractivity contribution >= 4 is 65.5 Å². The van der Waals surface area contributed by atoms with E-state index in [1.54, 1.807) is 0 Å². The molecule has 11 atom stereocenters.